The summed E-state index contributed by atoms with van der Waals surface area (Å²) in [5.74, 6) is -0.0146. The monoisotopic (exact) mass is 432 g/mol. The van der Waals surface area contributed by atoms with Crippen molar-refractivity contribution in [3.05, 3.63) is 49.1 Å². The minimum Gasteiger partial charge on any atom is -0.294 e. The van der Waals surface area contributed by atoms with Gasteiger partial charge in [-0.15, -0.1) is 0 Å². The van der Waals surface area contributed by atoms with Gasteiger partial charge in [0.25, 0.3) is 0 Å². The first-order valence-corrected chi connectivity index (χ1v) is 8.67. The number of aryl methyl sites for hydroxylation is 2. The van der Waals surface area contributed by atoms with Crippen LogP contribution in [0.1, 0.15) is 35.6 Å². The predicted octanol–water partition coefficient (Wildman–Crippen LogP) is 5.07. The molecule has 2 rings (SSSR count). The molecule has 0 atom stereocenters. The van der Waals surface area contributed by atoms with Gasteiger partial charge in [0.1, 0.15) is 0 Å². The molecule has 0 saturated heterocycles. The Morgan fingerprint density at radius 2 is 2.05 bits per heavy atom. The SMILES string of the molecule is CCc1nn(CC)c(CC(=O)c2cccc(Br)c2Cl)c1Br. The summed E-state index contributed by atoms with van der Waals surface area (Å²) >= 11 is 13.1. The standard InChI is InChI=1S/C15H15Br2ClN2O/c1-3-11-14(17)12(20(4-2)19-11)8-13(21)9-6-5-7-10(16)15(9)18/h5-7H,3-4,8H2,1-2H3. The van der Waals surface area contributed by atoms with E-state index in [-0.39, 0.29) is 12.2 Å². The first-order valence-electron chi connectivity index (χ1n) is 6.70. The molecule has 1 aromatic carbocycles. The molecule has 0 amide bonds. The lowest BCUT2D eigenvalue weighted by Crippen LogP contribution is -2.10. The first-order chi connectivity index (χ1) is 9.99. The van der Waals surface area contributed by atoms with E-state index in [9.17, 15) is 4.79 Å². The third kappa shape index (κ3) is 3.41. The van der Waals surface area contributed by atoms with Crippen LogP contribution < -0.4 is 0 Å². The quantitative estimate of drug-likeness (QED) is 0.616. The van der Waals surface area contributed by atoms with Crippen LogP contribution in [0.4, 0.5) is 0 Å². The zero-order chi connectivity index (χ0) is 15.6. The van der Waals surface area contributed by atoms with Crippen molar-refractivity contribution in [3.63, 3.8) is 0 Å². The molecule has 0 fully saturated rings. The molecule has 0 spiro atoms. The van der Waals surface area contributed by atoms with Crippen molar-refractivity contribution < 1.29 is 4.79 Å². The molecule has 2 aromatic rings. The maximum atomic E-state index is 12.5. The van der Waals surface area contributed by atoms with Crippen LogP contribution in [0.25, 0.3) is 0 Å². The molecule has 1 aromatic heterocycles. The summed E-state index contributed by atoms with van der Waals surface area (Å²) in [7, 11) is 0. The van der Waals surface area contributed by atoms with E-state index in [1.807, 2.05) is 30.7 Å². The smallest absolute Gasteiger partial charge is 0.170 e. The van der Waals surface area contributed by atoms with Crippen molar-refractivity contribution in [3.8, 4) is 0 Å². The van der Waals surface area contributed by atoms with Crippen molar-refractivity contribution in [2.24, 2.45) is 0 Å². The molecule has 0 aliphatic heterocycles. The second-order valence-corrected chi connectivity index (χ2v) is 6.60. The van der Waals surface area contributed by atoms with Gasteiger partial charge in [-0.2, -0.15) is 5.10 Å². The van der Waals surface area contributed by atoms with Crippen LogP contribution in [-0.2, 0) is 19.4 Å². The fourth-order valence-corrected chi connectivity index (χ4v) is 3.45. The summed E-state index contributed by atoms with van der Waals surface area (Å²) in [5.41, 5.74) is 2.40. The van der Waals surface area contributed by atoms with Crippen LogP contribution in [0.2, 0.25) is 5.02 Å². The van der Waals surface area contributed by atoms with Crippen molar-refractivity contribution in [2.45, 2.75) is 33.2 Å². The van der Waals surface area contributed by atoms with E-state index in [0.717, 1.165) is 33.3 Å². The summed E-state index contributed by atoms with van der Waals surface area (Å²) in [6.45, 7) is 4.79. The highest BCUT2D eigenvalue weighted by Crippen LogP contribution is 2.29. The second kappa shape index (κ2) is 7.07. The summed E-state index contributed by atoms with van der Waals surface area (Å²) in [6.07, 6.45) is 1.10. The highest BCUT2D eigenvalue weighted by atomic mass is 79.9. The van der Waals surface area contributed by atoms with Gasteiger partial charge in [0.05, 0.1) is 27.3 Å². The minimum atomic E-state index is -0.0146. The second-order valence-electron chi connectivity index (χ2n) is 4.58. The third-order valence-electron chi connectivity index (χ3n) is 3.27. The number of rotatable bonds is 5. The Hall–Kier alpha value is -0.650. The molecule has 0 saturated carbocycles. The van der Waals surface area contributed by atoms with Gasteiger partial charge in [-0.1, -0.05) is 24.6 Å². The maximum absolute atomic E-state index is 12.5. The van der Waals surface area contributed by atoms with E-state index in [4.69, 9.17) is 11.6 Å². The zero-order valence-corrected chi connectivity index (χ0v) is 15.7. The van der Waals surface area contributed by atoms with Crippen LogP contribution in [0.3, 0.4) is 0 Å². The van der Waals surface area contributed by atoms with Gasteiger partial charge in [-0.25, -0.2) is 0 Å². The number of carbonyl (C=O) groups excluding carboxylic acids is 1. The number of hydrogen-bond donors (Lipinski definition) is 0. The Morgan fingerprint density at radius 1 is 1.33 bits per heavy atom. The minimum absolute atomic E-state index is 0.0146. The molecular formula is C15H15Br2ClN2O. The van der Waals surface area contributed by atoms with E-state index < -0.39 is 0 Å². The number of halogens is 3. The molecule has 112 valence electrons. The van der Waals surface area contributed by atoms with E-state index in [1.54, 1.807) is 6.07 Å². The van der Waals surface area contributed by atoms with Gasteiger partial charge in [0.15, 0.2) is 5.78 Å². The number of hydrogen-bond acceptors (Lipinski definition) is 2. The molecular weight excluding hydrogens is 419 g/mol. The normalized spacial score (nSPS) is 10.9. The molecule has 1 heterocycles. The Bertz CT molecular complexity index is 683. The lowest BCUT2D eigenvalue weighted by molar-refractivity contribution is 0.0990. The Morgan fingerprint density at radius 3 is 2.67 bits per heavy atom. The molecule has 0 radical (unpaired) electrons. The third-order valence-corrected chi connectivity index (χ3v) is 5.49. The van der Waals surface area contributed by atoms with E-state index in [1.165, 1.54) is 0 Å². The van der Waals surface area contributed by atoms with E-state index in [0.29, 0.717) is 10.6 Å². The Labute approximate surface area is 145 Å². The van der Waals surface area contributed by atoms with Gasteiger partial charge in [-0.3, -0.25) is 9.48 Å². The molecule has 0 unspecified atom stereocenters. The number of carbonyl (C=O) groups is 1. The average Bonchev–Trinajstić information content (AvgIpc) is 2.78. The summed E-state index contributed by atoms with van der Waals surface area (Å²) in [5, 5.41) is 4.96. The number of nitrogens with zero attached hydrogens (tertiary/aromatic N) is 2. The Balaban J connectivity index is 2.36. The largest absolute Gasteiger partial charge is 0.294 e. The lowest BCUT2D eigenvalue weighted by Gasteiger charge is -2.07. The highest BCUT2D eigenvalue weighted by molar-refractivity contribution is 9.10. The Kier molecular flexibility index (Phi) is 5.63. The van der Waals surface area contributed by atoms with Crippen LogP contribution in [0.5, 0.6) is 0 Å². The fraction of sp³-hybridized carbons (Fsp3) is 0.333. The fourth-order valence-electron chi connectivity index (χ4n) is 2.15. The summed E-state index contributed by atoms with van der Waals surface area (Å²) < 4.78 is 3.52. The van der Waals surface area contributed by atoms with Crippen molar-refractivity contribution in [1.82, 2.24) is 9.78 Å². The topological polar surface area (TPSA) is 34.9 Å². The maximum Gasteiger partial charge on any atom is 0.170 e. The van der Waals surface area contributed by atoms with Crippen LogP contribution in [0, 0.1) is 0 Å². The number of ketones is 1. The van der Waals surface area contributed by atoms with Crippen LogP contribution >= 0.6 is 43.5 Å². The number of benzene rings is 1. The first kappa shape index (κ1) is 16.7. The molecule has 3 nitrogen and oxygen atoms in total. The molecule has 6 heteroatoms. The zero-order valence-electron chi connectivity index (χ0n) is 11.8. The predicted molar refractivity (Wildman–Crippen MR) is 92.2 cm³/mol. The van der Waals surface area contributed by atoms with Gasteiger partial charge in [-0.05, 0) is 57.3 Å². The molecule has 0 bridgehead atoms. The van der Waals surface area contributed by atoms with Gasteiger partial charge in [0.2, 0.25) is 0 Å². The molecule has 21 heavy (non-hydrogen) atoms. The van der Waals surface area contributed by atoms with Crippen LogP contribution in [0.15, 0.2) is 27.1 Å². The lowest BCUT2D eigenvalue weighted by atomic mass is 10.1. The molecule has 0 N–H and O–H groups in total. The molecule has 0 aliphatic rings. The summed E-state index contributed by atoms with van der Waals surface area (Å²) in [6, 6.07) is 5.38. The summed E-state index contributed by atoms with van der Waals surface area (Å²) in [4.78, 5) is 12.5. The average molecular weight is 435 g/mol. The van der Waals surface area contributed by atoms with E-state index in [2.05, 4.69) is 37.0 Å². The van der Waals surface area contributed by atoms with Gasteiger partial charge < -0.3 is 0 Å². The van der Waals surface area contributed by atoms with Gasteiger partial charge in [0, 0.05) is 16.6 Å². The highest BCUT2D eigenvalue weighted by Gasteiger charge is 2.19. The van der Waals surface area contributed by atoms with Crippen LogP contribution in [-0.4, -0.2) is 15.6 Å². The van der Waals surface area contributed by atoms with Crippen molar-refractivity contribution in [1.29, 1.82) is 0 Å². The van der Waals surface area contributed by atoms with Crippen molar-refractivity contribution >= 4 is 49.2 Å². The number of Topliss-reactive ketones (excluding diaryl/α,β-unsaturated/α-hetero) is 1. The van der Waals surface area contributed by atoms with E-state index >= 15 is 0 Å². The number of aromatic nitrogens is 2. The van der Waals surface area contributed by atoms with Gasteiger partial charge >= 0.3 is 0 Å². The van der Waals surface area contributed by atoms with Crippen molar-refractivity contribution in [2.75, 3.05) is 0 Å². The molecule has 0 aliphatic carbocycles.